The monoisotopic (exact) mass is 246 g/mol. The summed E-state index contributed by atoms with van der Waals surface area (Å²) >= 11 is 0. The third-order valence-corrected chi connectivity index (χ3v) is 3.21. The molecule has 2 rings (SSSR count). The van der Waals surface area contributed by atoms with Crippen LogP contribution >= 0.6 is 0 Å². The van der Waals surface area contributed by atoms with Crippen molar-refractivity contribution in [2.24, 2.45) is 5.92 Å². The van der Waals surface area contributed by atoms with Crippen molar-refractivity contribution in [2.75, 3.05) is 0 Å². The second-order valence-electron chi connectivity index (χ2n) is 5.27. The average Bonchev–Trinajstić information content (AvgIpc) is 2.67. The van der Waals surface area contributed by atoms with Crippen LogP contribution in [0.5, 0.6) is 0 Å². The van der Waals surface area contributed by atoms with Crippen molar-refractivity contribution in [1.29, 1.82) is 0 Å². The van der Waals surface area contributed by atoms with E-state index in [0.717, 1.165) is 24.2 Å². The van der Waals surface area contributed by atoms with Crippen LogP contribution in [-0.2, 0) is 13.0 Å². The maximum atomic E-state index is 10.1. The molecule has 0 saturated heterocycles. The number of hydrogen-bond acceptors (Lipinski definition) is 2. The molecule has 2 aromatic rings. The molecule has 0 amide bonds. The van der Waals surface area contributed by atoms with E-state index in [-0.39, 0.29) is 6.10 Å². The fourth-order valence-corrected chi connectivity index (χ4v) is 2.44. The Bertz CT molecular complexity index is 516. The zero-order valence-electron chi connectivity index (χ0n) is 11.4. The van der Waals surface area contributed by atoms with Crippen LogP contribution in [-0.4, -0.2) is 21.0 Å². The van der Waals surface area contributed by atoms with E-state index in [2.05, 4.69) is 38.0 Å². The SMILES string of the molecule is CCn1nc(CC(O)CC(C)C)c2ccccc21. The first kappa shape index (κ1) is 13.1. The standard InChI is InChI=1S/C15H22N2O/c1-4-17-15-8-6-5-7-13(15)14(16-17)10-12(18)9-11(2)3/h5-8,11-12,18H,4,9-10H2,1-3H3. The highest BCUT2D eigenvalue weighted by atomic mass is 16.3. The number of hydrogen-bond donors (Lipinski definition) is 1. The van der Waals surface area contributed by atoms with Gasteiger partial charge < -0.3 is 5.11 Å². The summed E-state index contributed by atoms with van der Waals surface area (Å²) in [6, 6.07) is 8.24. The van der Waals surface area contributed by atoms with Gasteiger partial charge in [0.1, 0.15) is 0 Å². The van der Waals surface area contributed by atoms with Gasteiger partial charge in [0.15, 0.2) is 0 Å². The Labute approximate surface area is 108 Å². The van der Waals surface area contributed by atoms with Gasteiger partial charge in [0.2, 0.25) is 0 Å². The highest BCUT2D eigenvalue weighted by Gasteiger charge is 2.14. The summed E-state index contributed by atoms with van der Waals surface area (Å²) < 4.78 is 2.01. The van der Waals surface area contributed by atoms with E-state index < -0.39 is 0 Å². The van der Waals surface area contributed by atoms with E-state index in [1.54, 1.807) is 0 Å². The Kier molecular flexibility index (Phi) is 4.02. The molecule has 1 unspecified atom stereocenters. The first-order valence-corrected chi connectivity index (χ1v) is 6.74. The highest BCUT2D eigenvalue weighted by Crippen LogP contribution is 2.21. The summed E-state index contributed by atoms with van der Waals surface area (Å²) in [6.07, 6.45) is 1.17. The molecule has 0 spiro atoms. The molecule has 0 saturated carbocycles. The zero-order valence-corrected chi connectivity index (χ0v) is 11.4. The number of aliphatic hydroxyl groups is 1. The molecule has 0 radical (unpaired) electrons. The normalized spacial score (nSPS) is 13.4. The minimum atomic E-state index is -0.298. The topological polar surface area (TPSA) is 38.0 Å². The number of fused-ring (bicyclic) bond motifs is 1. The number of aryl methyl sites for hydroxylation is 1. The predicted octanol–water partition coefficient (Wildman–Crippen LogP) is 3.01. The molecule has 1 aromatic carbocycles. The van der Waals surface area contributed by atoms with Gasteiger partial charge in [-0.05, 0) is 25.3 Å². The lowest BCUT2D eigenvalue weighted by Crippen LogP contribution is -2.14. The van der Waals surface area contributed by atoms with Crippen molar-refractivity contribution < 1.29 is 5.11 Å². The molecule has 1 aromatic heterocycles. The summed E-state index contributed by atoms with van der Waals surface area (Å²) in [7, 11) is 0. The molecule has 0 bridgehead atoms. The number of aliphatic hydroxyl groups excluding tert-OH is 1. The van der Waals surface area contributed by atoms with Gasteiger partial charge in [-0.15, -0.1) is 0 Å². The fourth-order valence-electron chi connectivity index (χ4n) is 2.44. The predicted molar refractivity (Wildman–Crippen MR) is 74.6 cm³/mol. The van der Waals surface area contributed by atoms with Gasteiger partial charge in [-0.25, -0.2) is 0 Å². The Hall–Kier alpha value is -1.35. The molecule has 3 heteroatoms. The van der Waals surface area contributed by atoms with Gasteiger partial charge in [0, 0.05) is 18.4 Å². The van der Waals surface area contributed by atoms with Gasteiger partial charge in [-0.3, -0.25) is 4.68 Å². The van der Waals surface area contributed by atoms with Crippen molar-refractivity contribution in [2.45, 2.75) is 46.3 Å². The Morgan fingerprint density at radius 2 is 2.00 bits per heavy atom. The Morgan fingerprint density at radius 3 is 2.67 bits per heavy atom. The van der Waals surface area contributed by atoms with Crippen molar-refractivity contribution in [3.05, 3.63) is 30.0 Å². The van der Waals surface area contributed by atoms with E-state index in [1.807, 2.05) is 16.8 Å². The number of nitrogens with zero attached hydrogens (tertiary/aromatic N) is 2. The van der Waals surface area contributed by atoms with E-state index >= 15 is 0 Å². The van der Waals surface area contributed by atoms with Crippen molar-refractivity contribution in [3.8, 4) is 0 Å². The first-order chi connectivity index (χ1) is 8.61. The first-order valence-electron chi connectivity index (χ1n) is 6.74. The minimum Gasteiger partial charge on any atom is -0.393 e. The van der Waals surface area contributed by atoms with Crippen LogP contribution in [0.2, 0.25) is 0 Å². The molecule has 0 aliphatic rings. The number of aromatic nitrogens is 2. The van der Waals surface area contributed by atoms with Crippen LogP contribution in [0.3, 0.4) is 0 Å². The third kappa shape index (κ3) is 2.72. The smallest absolute Gasteiger partial charge is 0.0729 e. The molecule has 3 nitrogen and oxygen atoms in total. The second kappa shape index (κ2) is 5.53. The van der Waals surface area contributed by atoms with E-state index in [9.17, 15) is 5.11 Å². The number of para-hydroxylation sites is 1. The van der Waals surface area contributed by atoms with Crippen LogP contribution < -0.4 is 0 Å². The van der Waals surface area contributed by atoms with Crippen LogP contribution in [0.25, 0.3) is 10.9 Å². The Morgan fingerprint density at radius 1 is 1.28 bits per heavy atom. The van der Waals surface area contributed by atoms with Gasteiger partial charge in [-0.2, -0.15) is 5.10 Å². The zero-order chi connectivity index (χ0) is 13.1. The van der Waals surface area contributed by atoms with Gasteiger partial charge in [0.05, 0.1) is 17.3 Å². The lowest BCUT2D eigenvalue weighted by atomic mass is 10.0. The summed E-state index contributed by atoms with van der Waals surface area (Å²) in [4.78, 5) is 0. The molecule has 0 aliphatic carbocycles. The quantitative estimate of drug-likeness (QED) is 0.880. The molecule has 1 heterocycles. The second-order valence-corrected chi connectivity index (χ2v) is 5.27. The van der Waals surface area contributed by atoms with Gasteiger partial charge in [0.25, 0.3) is 0 Å². The van der Waals surface area contributed by atoms with Gasteiger partial charge >= 0.3 is 0 Å². The maximum absolute atomic E-state index is 10.1. The van der Waals surface area contributed by atoms with Crippen LogP contribution in [0.15, 0.2) is 24.3 Å². The number of benzene rings is 1. The van der Waals surface area contributed by atoms with Crippen molar-refractivity contribution >= 4 is 10.9 Å². The molecule has 0 aliphatic heterocycles. The lowest BCUT2D eigenvalue weighted by Gasteiger charge is -2.11. The molecule has 0 fully saturated rings. The third-order valence-electron chi connectivity index (χ3n) is 3.21. The highest BCUT2D eigenvalue weighted by molar-refractivity contribution is 5.81. The van der Waals surface area contributed by atoms with Crippen molar-refractivity contribution in [1.82, 2.24) is 9.78 Å². The van der Waals surface area contributed by atoms with Crippen LogP contribution in [0.4, 0.5) is 0 Å². The van der Waals surface area contributed by atoms with E-state index in [1.165, 1.54) is 5.39 Å². The summed E-state index contributed by atoms with van der Waals surface area (Å²) in [6.45, 7) is 7.21. The summed E-state index contributed by atoms with van der Waals surface area (Å²) in [5.74, 6) is 0.513. The fraction of sp³-hybridized carbons (Fsp3) is 0.533. The molecule has 18 heavy (non-hydrogen) atoms. The van der Waals surface area contributed by atoms with Crippen LogP contribution in [0, 0.1) is 5.92 Å². The van der Waals surface area contributed by atoms with Crippen LogP contribution in [0.1, 0.15) is 32.9 Å². The average molecular weight is 246 g/mol. The largest absolute Gasteiger partial charge is 0.393 e. The molecular weight excluding hydrogens is 224 g/mol. The molecule has 1 atom stereocenters. The van der Waals surface area contributed by atoms with Crippen molar-refractivity contribution in [3.63, 3.8) is 0 Å². The molecule has 1 N–H and O–H groups in total. The van der Waals surface area contributed by atoms with E-state index in [0.29, 0.717) is 12.3 Å². The summed E-state index contributed by atoms with van der Waals surface area (Å²) in [5.41, 5.74) is 2.17. The molecule has 98 valence electrons. The summed E-state index contributed by atoms with van der Waals surface area (Å²) in [5, 5.41) is 15.8. The molecular formula is C15H22N2O. The van der Waals surface area contributed by atoms with Gasteiger partial charge in [-0.1, -0.05) is 32.0 Å². The minimum absolute atomic E-state index is 0.298. The Balaban J connectivity index is 2.28. The number of rotatable bonds is 5. The lowest BCUT2D eigenvalue weighted by molar-refractivity contribution is 0.148. The maximum Gasteiger partial charge on any atom is 0.0729 e. The van der Waals surface area contributed by atoms with E-state index in [4.69, 9.17) is 0 Å².